The minimum Gasteiger partial charge on any atom is -0.311 e. The summed E-state index contributed by atoms with van der Waals surface area (Å²) in [6, 6.07) is 73.4. The second-order valence-corrected chi connectivity index (χ2v) is 11.8. The predicted molar refractivity (Wildman–Crippen MR) is 204 cm³/mol. The van der Waals surface area contributed by atoms with Crippen molar-refractivity contribution >= 4 is 44.9 Å². The third kappa shape index (κ3) is 5.72. The first-order chi connectivity index (χ1) is 23.8. The smallest absolute Gasteiger partial charge is 0.0540 e. The molecule has 0 radical (unpaired) electrons. The van der Waals surface area contributed by atoms with E-state index in [2.05, 4.69) is 216 Å². The zero-order valence-electron chi connectivity index (χ0n) is 26.5. The van der Waals surface area contributed by atoms with Crippen molar-refractivity contribution in [3.63, 3.8) is 0 Å². The Balaban J connectivity index is 1.18. The lowest BCUT2D eigenvalue weighted by atomic mass is 9.96. The van der Waals surface area contributed by atoms with Gasteiger partial charge in [-0.25, -0.2) is 0 Å². The Morgan fingerprint density at radius 3 is 1.12 bits per heavy atom. The summed E-state index contributed by atoms with van der Waals surface area (Å²) in [5.74, 6) is 0. The Kier molecular flexibility index (Phi) is 7.96. The van der Waals surface area contributed by atoms with Crippen LogP contribution in [0.2, 0.25) is 0 Å². The highest BCUT2D eigenvalue weighted by Gasteiger charge is 2.18. The molecule has 2 heteroatoms. The van der Waals surface area contributed by atoms with Gasteiger partial charge >= 0.3 is 0 Å². The molecule has 0 aromatic heterocycles. The minimum absolute atomic E-state index is 1.11. The molecule has 48 heavy (non-hydrogen) atoms. The fourth-order valence-corrected chi connectivity index (χ4v) is 6.56. The van der Waals surface area contributed by atoms with E-state index in [4.69, 9.17) is 0 Å². The van der Waals surface area contributed by atoms with Gasteiger partial charge in [-0.05, 0) is 94.4 Å². The molecule has 0 fully saturated rings. The van der Waals surface area contributed by atoms with Gasteiger partial charge in [0.1, 0.15) is 0 Å². The molecule has 0 heterocycles. The Hall–Kier alpha value is -6.38. The van der Waals surface area contributed by atoms with Crippen LogP contribution in [0.1, 0.15) is 0 Å². The number of rotatable bonds is 8. The van der Waals surface area contributed by atoms with Crippen LogP contribution < -0.4 is 9.80 Å². The van der Waals surface area contributed by atoms with E-state index in [1.54, 1.807) is 0 Å². The maximum Gasteiger partial charge on any atom is 0.0540 e. The monoisotopic (exact) mass is 614 g/mol. The quantitative estimate of drug-likeness (QED) is 0.168. The van der Waals surface area contributed by atoms with E-state index < -0.39 is 0 Å². The van der Waals surface area contributed by atoms with Crippen molar-refractivity contribution in [1.82, 2.24) is 0 Å². The predicted octanol–water partition coefficient (Wildman–Crippen LogP) is 13.1. The highest BCUT2D eigenvalue weighted by atomic mass is 15.1. The van der Waals surface area contributed by atoms with Crippen molar-refractivity contribution in [3.8, 4) is 22.3 Å². The van der Waals surface area contributed by atoms with Gasteiger partial charge in [-0.3, -0.25) is 0 Å². The molecule has 0 unspecified atom stereocenters. The Morgan fingerprint density at radius 2 is 0.604 bits per heavy atom. The lowest BCUT2D eigenvalue weighted by Crippen LogP contribution is -2.10. The Morgan fingerprint density at radius 1 is 0.229 bits per heavy atom. The summed E-state index contributed by atoms with van der Waals surface area (Å²) in [6.07, 6.45) is 0. The van der Waals surface area contributed by atoms with E-state index in [-0.39, 0.29) is 0 Å². The molecule has 0 bridgehead atoms. The normalized spacial score (nSPS) is 10.9. The topological polar surface area (TPSA) is 6.48 Å². The van der Waals surface area contributed by atoms with Crippen LogP contribution in [0.4, 0.5) is 34.1 Å². The molecule has 0 aliphatic heterocycles. The minimum atomic E-state index is 1.11. The molecule has 0 aliphatic carbocycles. The molecule has 8 aromatic rings. The second kappa shape index (κ2) is 13.2. The summed E-state index contributed by atoms with van der Waals surface area (Å²) in [6.45, 7) is 0. The van der Waals surface area contributed by atoms with Gasteiger partial charge in [0.05, 0.1) is 5.69 Å². The van der Waals surface area contributed by atoms with Crippen molar-refractivity contribution in [2.75, 3.05) is 9.80 Å². The number of hydrogen-bond acceptors (Lipinski definition) is 2. The van der Waals surface area contributed by atoms with Gasteiger partial charge in [-0.15, -0.1) is 0 Å². The SMILES string of the molecule is c1ccc(-c2ccc(N(c3ccccc3)c3ccc(-c4ccc(N(c5ccccc5)c5ccccc5)c5ccccc45)cc3)cc2)cc1. The number of fused-ring (bicyclic) bond motifs is 1. The molecule has 0 amide bonds. The summed E-state index contributed by atoms with van der Waals surface area (Å²) in [5.41, 5.74) is 11.6. The van der Waals surface area contributed by atoms with E-state index in [0.717, 1.165) is 34.1 Å². The standard InChI is InChI=1S/C46H34N2/c1-5-15-35(16-6-1)36-25-29-41(30-26-36)47(38-17-7-2-8-18-38)42-31-27-37(28-32-42)43-33-34-46(45-24-14-13-23-44(43)45)48(39-19-9-3-10-20-39)40-21-11-4-12-22-40/h1-34H. The van der Waals surface area contributed by atoms with Crippen LogP contribution in [0.25, 0.3) is 33.0 Å². The summed E-state index contributed by atoms with van der Waals surface area (Å²) >= 11 is 0. The van der Waals surface area contributed by atoms with Gasteiger partial charge in [0, 0.05) is 33.8 Å². The van der Waals surface area contributed by atoms with Crippen molar-refractivity contribution < 1.29 is 0 Å². The fraction of sp³-hybridized carbons (Fsp3) is 0. The van der Waals surface area contributed by atoms with Crippen LogP contribution in [0, 0.1) is 0 Å². The van der Waals surface area contributed by atoms with Crippen LogP contribution in [0.3, 0.4) is 0 Å². The number of benzene rings is 8. The highest BCUT2D eigenvalue weighted by Crippen LogP contribution is 2.42. The average Bonchev–Trinajstić information content (AvgIpc) is 3.17. The molecule has 0 spiro atoms. The van der Waals surface area contributed by atoms with Gasteiger partial charge in [0.15, 0.2) is 0 Å². The number of anilines is 6. The van der Waals surface area contributed by atoms with E-state index in [1.165, 1.54) is 33.0 Å². The number of hydrogen-bond donors (Lipinski definition) is 0. The molecule has 0 saturated heterocycles. The first-order valence-electron chi connectivity index (χ1n) is 16.4. The summed E-state index contributed by atoms with van der Waals surface area (Å²) in [5, 5.41) is 2.42. The number of para-hydroxylation sites is 3. The maximum atomic E-state index is 2.34. The zero-order valence-corrected chi connectivity index (χ0v) is 26.5. The van der Waals surface area contributed by atoms with E-state index in [0.29, 0.717) is 0 Å². The summed E-state index contributed by atoms with van der Waals surface area (Å²) in [4.78, 5) is 4.66. The first kappa shape index (κ1) is 29.1. The first-order valence-corrected chi connectivity index (χ1v) is 16.4. The Labute approximate surface area is 282 Å². The maximum absolute atomic E-state index is 2.34. The highest BCUT2D eigenvalue weighted by molar-refractivity contribution is 6.06. The molecule has 0 atom stereocenters. The van der Waals surface area contributed by atoms with E-state index in [1.807, 2.05) is 0 Å². The van der Waals surface area contributed by atoms with Crippen LogP contribution in [0.5, 0.6) is 0 Å². The molecule has 8 aromatic carbocycles. The zero-order chi connectivity index (χ0) is 32.1. The van der Waals surface area contributed by atoms with Crippen LogP contribution in [0.15, 0.2) is 206 Å². The molecule has 0 N–H and O–H groups in total. The van der Waals surface area contributed by atoms with Crippen molar-refractivity contribution in [3.05, 3.63) is 206 Å². The van der Waals surface area contributed by atoms with E-state index in [9.17, 15) is 0 Å². The van der Waals surface area contributed by atoms with Crippen molar-refractivity contribution in [2.24, 2.45) is 0 Å². The Bertz CT molecular complexity index is 2210. The molecule has 0 aliphatic rings. The van der Waals surface area contributed by atoms with Gasteiger partial charge in [0.25, 0.3) is 0 Å². The van der Waals surface area contributed by atoms with Gasteiger partial charge < -0.3 is 9.80 Å². The molecule has 0 saturated carbocycles. The molecule has 2 nitrogen and oxygen atoms in total. The van der Waals surface area contributed by atoms with Crippen LogP contribution >= 0.6 is 0 Å². The molecular weight excluding hydrogens is 581 g/mol. The van der Waals surface area contributed by atoms with Gasteiger partial charge in [-0.1, -0.05) is 140 Å². The van der Waals surface area contributed by atoms with E-state index >= 15 is 0 Å². The van der Waals surface area contributed by atoms with Gasteiger partial charge in [-0.2, -0.15) is 0 Å². The molecule has 228 valence electrons. The lowest BCUT2D eigenvalue weighted by Gasteiger charge is -2.27. The molecular formula is C46H34N2. The average molecular weight is 615 g/mol. The van der Waals surface area contributed by atoms with Crippen molar-refractivity contribution in [1.29, 1.82) is 0 Å². The number of nitrogens with zero attached hydrogens (tertiary/aromatic N) is 2. The second-order valence-electron chi connectivity index (χ2n) is 11.8. The largest absolute Gasteiger partial charge is 0.311 e. The van der Waals surface area contributed by atoms with Crippen molar-refractivity contribution in [2.45, 2.75) is 0 Å². The fourth-order valence-electron chi connectivity index (χ4n) is 6.56. The lowest BCUT2D eigenvalue weighted by molar-refractivity contribution is 1.28. The van der Waals surface area contributed by atoms with Gasteiger partial charge in [0.2, 0.25) is 0 Å². The third-order valence-electron chi connectivity index (χ3n) is 8.85. The summed E-state index contributed by atoms with van der Waals surface area (Å²) < 4.78 is 0. The summed E-state index contributed by atoms with van der Waals surface area (Å²) in [7, 11) is 0. The molecule has 8 rings (SSSR count). The van der Waals surface area contributed by atoms with Crippen LogP contribution in [-0.2, 0) is 0 Å². The third-order valence-corrected chi connectivity index (χ3v) is 8.85. The van der Waals surface area contributed by atoms with Crippen LogP contribution in [-0.4, -0.2) is 0 Å².